The Labute approximate surface area is 101 Å². The highest BCUT2D eigenvalue weighted by atomic mass is 16.5. The minimum Gasteiger partial charge on any atom is -0.463 e. The quantitative estimate of drug-likeness (QED) is 0.731. The lowest BCUT2D eigenvalue weighted by Gasteiger charge is -2.18. The molecule has 0 radical (unpaired) electrons. The van der Waals surface area contributed by atoms with Crippen LogP contribution in [0.3, 0.4) is 0 Å². The molecule has 1 aromatic heterocycles. The van der Waals surface area contributed by atoms with Crippen molar-refractivity contribution in [1.82, 2.24) is 5.32 Å². The lowest BCUT2D eigenvalue weighted by molar-refractivity contribution is 0.0562. The summed E-state index contributed by atoms with van der Waals surface area (Å²) in [5, 5.41) is 12.3. The smallest absolute Gasteiger partial charge is 0.373 e. The molecular formula is C12H19NO4. The summed E-state index contributed by atoms with van der Waals surface area (Å²) >= 11 is 0. The second kappa shape index (κ2) is 6.42. The van der Waals surface area contributed by atoms with Gasteiger partial charge < -0.3 is 19.6 Å². The third-order valence-corrected chi connectivity index (χ3v) is 2.59. The van der Waals surface area contributed by atoms with Gasteiger partial charge in [-0.2, -0.15) is 0 Å². The molecule has 0 unspecified atom stereocenters. The van der Waals surface area contributed by atoms with Gasteiger partial charge in [0.1, 0.15) is 5.76 Å². The van der Waals surface area contributed by atoms with Gasteiger partial charge in [-0.05, 0) is 18.1 Å². The number of ether oxygens (including phenoxy) is 1. The van der Waals surface area contributed by atoms with E-state index in [1.807, 2.05) is 13.8 Å². The third-order valence-electron chi connectivity index (χ3n) is 2.59. The minimum absolute atomic E-state index is 0.0154. The van der Waals surface area contributed by atoms with E-state index in [1.165, 1.54) is 7.11 Å². The van der Waals surface area contributed by atoms with Crippen molar-refractivity contribution in [2.24, 2.45) is 5.92 Å². The summed E-state index contributed by atoms with van der Waals surface area (Å²) in [6, 6.07) is 3.31. The number of aliphatic hydroxyl groups excluding tert-OH is 1. The third kappa shape index (κ3) is 3.87. The number of hydrogen-bond donors (Lipinski definition) is 2. The van der Waals surface area contributed by atoms with Gasteiger partial charge in [-0.1, -0.05) is 13.8 Å². The number of nitrogens with one attached hydrogen (secondary N) is 1. The molecule has 1 heterocycles. The molecule has 0 amide bonds. The van der Waals surface area contributed by atoms with Crippen LogP contribution in [-0.4, -0.2) is 30.8 Å². The molecule has 1 rings (SSSR count). The lowest BCUT2D eigenvalue weighted by atomic mass is 10.1. The van der Waals surface area contributed by atoms with E-state index in [1.54, 1.807) is 12.1 Å². The zero-order chi connectivity index (χ0) is 12.8. The first kappa shape index (κ1) is 13.7. The fourth-order valence-electron chi connectivity index (χ4n) is 1.43. The number of furan rings is 1. The number of carbonyl (C=O) groups is 1. The van der Waals surface area contributed by atoms with E-state index in [-0.39, 0.29) is 18.4 Å². The molecule has 0 aromatic carbocycles. The number of aliphatic hydroxyl groups is 1. The number of esters is 1. The Kier molecular flexibility index (Phi) is 5.18. The Bertz CT molecular complexity index is 359. The van der Waals surface area contributed by atoms with Crippen molar-refractivity contribution in [2.75, 3.05) is 13.7 Å². The zero-order valence-corrected chi connectivity index (χ0v) is 10.4. The van der Waals surface area contributed by atoms with Crippen LogP contribution in [0.2, 0.25) is 0 Å². The highest BCUT2D eigenvalue weighted by molar-refractivity contribution is 5.86. The van der Waals surface area contributed by atoms with Crippen LogP contribution in [0.5, 0.6) is 0 Å². The summed E-state index contributed by atoms with van der Waals surface area (Å²) in [5.74, 6) is 0.674. The van der Waals surface area contributed by atoms with Gasteiger partial charge in [0.25, 0.3) is 0 Å². The van der Waals surface area contributed by atoms with E-state index in [2.05, 4.69) is 10.1 Å². The van der Waals surface area contributed by atoms with Gasteiger partial charge in [0.2, 0.25) is 5.76 Å². The van der Waals surface area contributed by atoms with Crippen LogP contribution in [-0.2, 0) is 11.3 Å². The Balaban J connectivity index is 2.52. The molecule has 5 nitrogen and oxygen atoms in total. The van der Waals surface area contributed by atoms with Gasteiger partial charge in [0.05, 0.1) is 20.3 Å². The van der Waals surface area contributed by atoms with E-state index in [0.29, 0.717) is 18.2 Å². The van der Waals surface area contributed by atoms with Crippen LogP contribution in [0.15, 0.2) is 16.5 Å². The summed E-state index contributed by atoms with van der Waals surface area (Å²) in [5.41, 5.74) is 0. The van der Waals surface area contributed by atoms with E-state index >= 15 is 0 Å². The van der Waals surface area contributed by atoms with Crippen molar-refractivity contribution in [3.05, 3.63) is 23.7 Å². The average Bonchev–Trinajstić information content (AvgIpc) is 2.77. The van der Waals surface area contributed by atoms with Gasteiger partial charge in [-0.15, -0.1) is 0 Å². The maximum Gasteiger partial charge on any atom is 0.373 e. The van der Waals surface area contributed by atoms with Crippen molar-refractivity contribution in [3.8, 4) is 0 Å². The van der Waals surface area contributed by atoms with Crippen molar-refractivity contribution >= 4 is 5.97 Å². The SMILES string of the molecule is COC(=O)c1ccc(CN[C@H](CO)C(C)C)o1. The Morgan fingerprint density at radius 3 is 2.76 bits per heavy atom. The maximum atomic E-state index is 11.2. The predicted molar refractivity (Wildman–Crippen MR) is 62.6 cm³/mol. The number of hydrogen-bond acceptors (Lipinski definition) is 5. The summed E-state index contributed by atoms with van der Waals surface area (Å²) in [7, 11) is 1.31. The van der Waals surface area contributed by atoms with Crippen LogP contribution >= 0.6 is 0 Å². The monoisotopic (exact) mass is 241 g/mol. The molecular weight excluding hydrogens is 222 g/mol. The highest BCUT2D eigenvalue weighted by Crippen LogP contribution is 2.10. The number of carbonyl (C=O) groups excluding carboxylic acids is 1. The summed E-state index contributed by atoms with van der Waals surface area (Å²) in [6.45, 7) is 4.59. The summed E-state index contributed by atoms with van der Waals surface area (Å²) in [6.07, 6.45) is 0. The Hall–Kier alpha value is -1.33. The second-order valence-electron chi connectivity index (χ2n) is 4.17. The molecule has 1 atom stereocenters. The molecule has 0 aliphatic rings. The normalized spacial score (nSPS) is 12.8. The molecule has 0 spiro atoms. The fraction of sp³-hybridized carbons (Fsp3) is 0.583. The largest absolute Gasteiger partial charge is 0.463 e. The molecule has 1 aromatic rings. The molecule has 0 aliphatic heterocycles. The molecule has 96 valence electrons. The molecule has 0 fully saturated rings. The van der Waals surface area contributed by atoms with E-state index in [0.717, 1.165) is 0 Å². The Morgan fingerprint density at radius 1 is 1.53 bits per heavy atom. The molecule has 0 bridgehead atoms. The fourth-order valence-corrected chi connectivity index (χ4v) is 1.43. The first-order valence-electron chi connectivity index (χ1n) is 5.59. The minimum atomic E-state index is -0.487. The zero-order valence-electron chi connectivity index (χ0n) is 10.4. The molecule has 0 saturated heterocycles. The first-order valence-corrected chi connectivity index (χ1v) is 5.59. The molecule has 0 aliphatic carbocycles. The second-order valence-corrected chi connectivity index (χ2v) is 4.17. The number of methoxy groups -OCH3 is 1. The molecule has 17 heavy (non-hydrogen) atoms. The van der Waals surface area contributed by atoms with Crippen molar-refractivity contribution in [1.29, 1.82) is 0 Å². The topological polar surface area (TPSA) is 71.7 Å². The molecule has 5 heteroatoms. The van der Waals surface area contributed by atoms with Crippen LogP contribution in [0.25, 0.3) is 0 Å². The predicted octanol–water partition coefficient (Wildman–Crippen LogP) is 1.17. The lowest BCUT2D eigenvalue weighted by Crippen LogP contribution is -2.36. The first-order chi connectivity index (χ1) is 8.08. The molecule has 2 N–H and O–H groups in total. The van der Waals surface area contributed by atoms with E-state index in [9.17, 15) is 4.79 Å². The van der Waals surface area contributed by atoms with Gasteiger partial charge in [0.15, 0.2) is 0 Å². The van der Waals surface area contributed by atoms with Crippen LogP contribution < -0.4 is 5.32 Å². The van der Waals surface area contributed by atoms with Crippen molar-refractivity contribution in [3.63, 3.8) is 0 Å². The summed E-state index contributed by atoms with van der Waals surface area (Å²) < 4.78 is 9.83. The standard InChI is InChI=1S/C12H19NO4/c1-8(2)10(7-14)13-6-9-4-5-11(17-9)12(15)16-3/h4-5,8,10,13-14H,6-7H2,1-3H3/t10-/m1/s1. The van der Waals surface area contributed by atoms with Gasteiger partial charge in [0, 0.05) is 6.04 Å². The van der Waals surface area contributed by atoms with E-state index < -0.39 is 5.97 Å². The van der Waals surface area contributed by atoms with E-state index in [4.69, 9.17) is 9.52 Å². The number of rotatable bonds is 6. The van der Waals surface area contributed by atoms with Crippen molar-refractivity contribution < 1.29 is 19.1 Å². The van der Waals surface area contributed by atoms with Gasteiger partial charge in [-0.3, -0.25) is 0 Å². The molecule has 0 saturated carbocycles. The Morgan fingerprint density at radius 2 is 2.24 bits per heavy atom. The van der Waals surface area contributed by atoms with Gasteiger partial charge in [-0.25, -0.2) is 4.79 Å². The van der Waals surface area contributed by atoms with Crippen LogP contribution in [0.1, 0.15) is 30.2 Å². The highest BCUT2D eigenvalue weighted by Gasteiger charge is 2.14. The van der Waals surface area contributed by atoms with Gasteiger partial charge >= 0.3 is 5.97 Å². The van der Waals surface area contributed by atoms with Crippen molar-refractivity contribution in [2.45, 2.75) is 26.4 Å². The van der Waals surface area contributed by atoms with Crippen LogP contribution in [0, 0.1) is 5.92 Å². The van der Waals surface area contributed by atoms with Crippen LogP contribution in [0.4, 0.5) is 0 Å². The summed E-state index contributed by atoms with van der Waals surface area (Å²) in [4.78, 5) is 11.2. The maximum absolute atomic E-state index is 11.2. The average molecular weight is 241 g/mol.